The van der Waals surface area contributed by atoms with Crippen molar-refractivity contribution in [3.8, 4) is 0 Å². The first-order valence-corrected chi connectivity index (χ1v) is 4.79. The summed E-state index contributed by atoms with van der Waals surface area (Å²) in [5.74, 6) is 1.64. The highest BCUT2D eigenvalue weighted by Crippen LogP contribution is 2.28. The second-order valence-electron chi connectivity index (χ2n) is 3.50. The standard InChI is InChI=1S/C12H14O/c1-3-9(2)12-11-7-5-4-6-10(11)8-13-12/h4-9H,3H2,1-2H3/t9-/m0/s1. The van der Waals surface area contributed by atoms with Crippen molar-refractivity contribution in [3.63, 3.8) is 0 Å². The maximum absolute atomic E-state index is 5.57. The molecule has 1 atom stereocenters. The van der Waals surface area contributed by atoms with Crippen LogP contribution in [0.2, 0.25) is 0 Å². The van der Waals surface area contributed by atoms with Crippen molar-refractivity contribution in [3.05, 3.63) is 36.3 Å². The van der Waals surface area contributed by atoms with Gasteiger partial charge in [-0.1, -0.05) is 38.1 Å². The fourth-order valence-corrected chi connectivity index (χ4v) is 1.58. The molecule has 0 saturated carbocycles. The van der Waals surface area contributed by atoms with Crippen molar-refractivity contribution in [2.75, 3.05) is 0 Å². The Morgan fingerprint density at radius 3 is 2.85 bits per heavy atom. The fraction of sp³-hybridized carbons (Fsp3) is 0.333. The minimum atomic E-state index is 0.514. The first-order valence-electron chi connectivity index (χ1n) is 4.79. The van der Waals surface area contributed by atoms with Crippen molar-refractivity contribution in [1.82, 2.24) is 0 Å². The molecule has 0 unspecified atom stereocenters. The van der Waals surface area contributed by atoms with E-state index in [1.54, 1.807) is 0 Å². The molecular weight excluding hydrogens is 160 g/mol. The van der Waals surface area contributed by atoms with E-state index in [0.717, 1.165) is 12.2 Å². The molecule has 0 aliphatic rings. The van der Waals surface area contributed by atoms with Crippen molar-refractivity contribution in [2.45, 2.75) is 26.2 Å². The van der Waals surface area contributed by atoms with Gasteiger partial charge in [-0.05, 0) is 6.42 Å². The highest BCUT2D eigenvalue weighted by molar-refractivity contribution is 5.84. The summed E-state index contributed by atoms with van der Waals surface area (Å²) < 4.78 is 5.57. The molecule has 68 valence electrons. The number of hydrogen-bond acceptors (Lipinski definition) is 1. The molecule has 0 bridgehead atoms. The van der Waals surface area contributed by atoms with E-state index in [9.17, 15) is 0 Å². The summed E-state index contributed by atoms with van der Waals surface area (Å²) in [5.41, 5.74) is 0. The van der Waals surface area contributed by atoms with E-state index in [0.29, 0.717) is 5.92 Å². The molecule has 0 N–H and O–H groups in total. The van der Waals surface area contributed by atoms with Crippen LogP contribution in [0.5, 0.6) is 0 Å². The SMILES string of the molecule is CC[C@H](C)c1occ2ccccc12. The molecule has 1 nitrogen and oxygen atoms in total. The Kier molecular flexibility index (Phi) is 2.09. The predicted molar refractivity (Wildman–Crippen MR) is 54.9 cm³/mol. The lowest BCUT2D eigenvalue weighted by Gasteiger charge is -2.04. The summed E-state index contributed by atoms with van der Waals surface area (Å²) in [6, 6.07) is 8.31. The Morgan fingerprint density at radius 1 is 1.31 bits per heavy atom. The average molecular weight is 174 g/mol. The zero-order valence-corrected chi connectivity index (χ0v) is 8.08. The molecule has 1 heterocycles. The van der Waals surface area contributed by atoms with Crippen LogP contribution in [0.3, 0.4) is 0 Å². The summed E-state index contributed by atoms with van der Waals surface area (Å²) in [6.45, 7) is 4.38. The molecule has 1 aromatic heterocycles. The van der Waals surface area contributed by atoms with Crippen LogP contribution in [0.25, 0.3) is 10.8 Å². The van der Waals surface area contributed by atoms with Gasteiger partial charge >= 0.3 is 0 Å². The van der Waals surface area contributed by atoms with E-state index < -0.39 is 0 Å². The van der Waals surface area contributed by atoms with E-state index in [-0.39, 0.29) is 0 Å². The second-order valence-corrected chi connectivity index (χ2v) is 3.50. The van der Waals surface area contributed by atoms with Gasteiger partial charge in [-0.15, -0.1) is 0 Å². The topological polar surface area (TPSA) is 13.1 Å². The Bertz CT molecular complexity index is 400. The highest BCUT2D eigenvalue weighted by atomic mass is 16.3. The van der Waals surface area contributed by atoms with Gasteiger partial charge in [0.15, 0.2) is 0 Å². The summed E-state index contributed by atoms with van der Waals surface area (Å²) in [7, 11) is 0. The third kappa shape index (κ3) is 1.35. The van der Waals surface area contributed by atoms with Crippen molar-refractivity contribution < 1.29 is 4.42 Å². The zero-order chi connectivity index (χ0) is 9.26. The monoisotopic (exact) mass is 174 g/mol. The van der Waals surface area contributed by atoms with E-state index in [2.05, 4.69) is 32.0 Å². The van der Waals surface area contributed by atoms with E-state index in [1.807, 2.05) is 12.3 Å². The van der Waals surface area contributed by atoms with E-state index >= 15 is 0 Å². The van der Waals surface area contributed by atoms with Crippen LogP contribution >= 0.6 is 0 Å². The maximum atomic E-state index is 5.57. The molecule has 0 saturated heterocycles. The fourth-order valence-electron chi connectivity index (χ4n) is 1.58. The van der Waals surface area contributed by atoms with Crippen LogP contribution in [0.4, 0.5) is 0 Å². The third-order valence-corrected chi connectivity index (χ3v) is 2.60. The molecule has 2 aromatic rings. The molecule has 13 heavy (non-hydrogen) atoms. The zero-order valence-electron chi connectivity index (χ0n) is 8.08. The lowest BCUT2D eigenvalue weighted by Crippen LogP contribution is -1.88. The Hall–Kier alpha value is -1.24. The molecule has 0 spiro atoms. The van der Waals surface area contributed by atoms with Gasteiger partial charge < -0.3 is 4.42 Å². The van der Waals surface area contributed by atoms with Gasteiger partial charge in [-0.3, -0.25) is 0 Å². The summed E-state index contributed by atoms with van der Waals surface area (Å²) >= 11 is 0. The maximum Gasteiger partial charge on any atom is 0.114 e. The molecule has 1 heteroatoms. The molecule has 0 aliphatic heterocycles. The average Bonchev–Trinajstić information content (AvgIpc) is 2.60. The van der Waals surface area contributed by atoms with Gasteiger partial charge in [0, 0.05) is 16.7 Å². The van der Waals surface area contributed by atoms with Gasteiger partial charge in [0.2, 0.25) is 0 Å². The number of hydrogen-bond donors (Lipinski definition) is 0. The van der Waals surface area contributed by atoms with Crippen LogP contribution in [0, 0.1) is 0 Å². The minimum absolute atomic E-state index is 0.514. The molecule has 0 amide bonds. The van der Waals surface area contributed by atoms with Crippen molar-refractivity contribution in [1.29, 1.82) is 0 Å². The molecule has 0 radical (unpaired) electrons. The van der Waals surface area contributed by atoms with Gasteiger partial charge in [0.1, 0.15) is 5.76 Å². The lowest BCUT2D eigenvalue weighted by atomic mass is 10.0. The summed E-state index contributed by atoms with van der Waals surface area (Å²) in [4.78, 5) is 0. The van der Waals surface area contributed by atoms with Crippen LogP contribution in [0.15, 0.2) is 34.9 Å². The minimum Gasteiger partial charge on any atom is -0.468 e. The largest absolute Gasteiger partial charge is 0.468 e. The second kappa shape index (κ2) is 3.25. The van der Waals surface area contributed by atoms with Gasteiger partial charge in [-0.2, -0.15) is 0 Å². The lowest BCUT2D eigenvalue weighted by molar-refractivity contribution is 0.474. The van der Waals surface area contributed by atoms with Crippen molar-refractivity contribution in [2.24, 2.45) is 0 Å². The Morgan fingerprint density at radius 2 is 2.08 bits per heavy atom. The van der Waals surface area contributed by atoms with Crippen LogP contribution in [0.1, 0.15) is 31.9 Å². The number of benzene rings is 1. The number of fused-ring (bicyclic) bond motifs is 1. The summed E-state index contributed by atoms with van der Waals surface area (Å²) in [5, 5.41) is 2.47. The Labute approximate surface area is 78.4 Å². The molecular formula is C12H14O. The highest BCUT2D eigenvalue weighted by Gasteiger charge is 2.10. The quantitative estimate of drug-likeness (QED) is 0.672. The van der Waals surface area contributed by atoms with Gasteiger partial charge in [0.05, 0.1) is 6.26 Å². The van der Waals surface area contributed by atoms with Gasteiger partial charge in [-0.25, -0.2) is 0 Å². The van der Waals surface area contributed by atoms with Crippen LogP contribution in [-0.4, -0.2) is 0 Å². The van der Waals surface area contributed by atoms with Gasteiger partial charge in [0.25, 0.3) is 0 Å². The third-order valence-electron chi connectivity index (χ3n) is 2.60. The molecule has 2 rings (SSSR count). The Balaban J connectivity index is 2.57. The van der Waals surface area contributed by atoms with E-state index in [4.69, 9.17) is 4.42 Å². The predicted octanol–water partition coefficient (Wildman–Crippen LogP) is 3.95. The van der Waals surface area contributed by atoms with E-state index in [1.165, 1.54) is 10.8 Å². The van der Waals surface area contributed by atoms with Crippen LogP contribution < -0.4 is 0 Å². The smallest absolute Gasteiger partial charge is 0.114 e. The number of rotatable bonds is 2. The van der Waals surface area contributed by atoms with Crippen LogP contribution in [-0.2, 0) is 0 Å². The first-order chi connectivity index (χ1) is 6.33. The molecule has 0 aliphatic carbocycles. The van der Waals surface area contributed by atoms with Crippen molar-refractivity contribution >= 4 is 10.8 Å². The number of furan rings is 1. The molecule has 1 aromatic carbocycles. The normalized spacial score (nSPS) is 13.4. The summed E-state index contributed by atoms with van der Waals surface area (Å²) in [6.07, 6.45) is 2.97. The first kappa shape index (κ1) is 8.36. The molecule has 0 fully saturated rings.